The lowest BCUT2D eigenvalue weighted by molar-refractivity contribution is 0.0654. The number of rotatable bonds is 3. The second-order valence-corrected chi connectivity index (χ2v) is 10.3. The Morgan fingerprint density at radius 2 is 1.91 bits per heavy atom. The number of H-pyrrole nitrogens is 1. The van der Waals surface area contributed by atoms with E-state index in [9.17, 15) is 13.2 Å². The number of fused-ring (bicyclic) bond motifs is 2. The van der Waals surface area contributed by atoms with Gasteiger partial charge in [-0.15, -0.1) is 12.4 Å². The Bertz CT molecular complexity index is 1260. The van der Waals surface area contributed by atoms with Gasteiger partial charge < -0.3 is 14.3 Å². The zero-order valence-corrected chi connectivity index (χ0v) is 19.8. The highest BCUT2D eigenvalue weighted by Crippen LogP contribution is 2.25. The Morgan fingerprint density at radius 1 is 1.16 bits per heavy atom. The average Bonchev–Trinajstić information content (AvgIpc) is 3.37. The van der Waals surface area contributed by atoms with Crippen LogP contribution in [0.15, 0.2) is 33.7 Å². The van der Waals surface area contributed by atoms with Crippen LogP contribution in [0.5, 0.6) is 0 Å². The highest BCUT2D eigenvalue weighted by atomic mass is 35.5. The molecule has 2 aromatic heterocycles. The van der Waals surface area contributed by atoms with Crippen molar-refractivity contribution in [1.82, 2.24) is 24.1 Å². The van der Waals surface area contributed by atoms with Gasteiger partial charge in [0.2, 0.25) is 0 Å². The highest BCUT2D eigenvalue weighted by Gasteiger charge is 2.33. The van der Waals surface area contributed by atoms with Gasteiger partial charge in [0.15, 0.2) is 0 Å². The summed E-state index contributed by atoms with van der Waals surface area (Å²) in [5.74, 6) is 0.524. The van der Waals surface area contributed by atoms with E-state index in [4.69, 9.17) is 16.0 Å². The van der Waals surface area contributed by atoms with Crippen LogP contribution < -0.4 is 0 Å². The molecule has 172 valence electrons. The molecule has 0 radical (unpaired) electrons. The number of aromatic amines is 1. The largest absolute Gasteiger partial charge is 0.436 e. The molecule has 2 aliphatic heterocycles. The van der Waals surface area contributed by atoms with Crippen molar-refractivity contribution in [3.63, 3.8) is 0 Å². The number of amides is 1. The molecule has 1 aromatic carbocycles. The summed E-state index contributed by atoms with van der Waals surface area (Å²) in [6.07, 6.45) is 0.754. The van der Waals surface area contributed by atoms with Crippen LogP contribution in [0.4, 0.5) is 0 Å². The number of piperazine rings is 1. The SMILES string of the molecule is CN1CCc2nc(C(=O)N3CCN(S(=O)(=O)c4cc5cc(Cl)ccc5[nH]4)CC3)oc2C1.Cl. The van der Waals surface area contributed by atoms with E-state index in [-0.39, 0.29) is 55.4 Å². The van der Waals surface area contributed by atoms with E-state index < -0.39 is 10.0 Å². The van der Waals surface area contributed by atoms with E-state index in [0.717, 1.165) is 29.8 Å². The topological polar surface area (TPSA) is 103 Å². The first-order chi connectivity index (χ1) is 14.8. The highest BCUT2D eigenvalue weighted by molar-refractivity contribution is 7.89. The second-order valence-electron chi connectivity index (χ2n) is 7.94. The Labute approximate surface area is 196 Å². The monoisotopic (exact) mass is 499 g/mol. The quantitative estimate of drug-likeness (QED) is 0.593. The summed E-state index contributed by atoms with van der Waals surface area (Å²) in [5.41, 5.74) is 1.54. The van der Waals surface area contributed by atoms with Crippen molar-refractivity contribution >= 4 is 50.8 Å². The van der Waals surface area contributed by atoms with Gasteiger partial charge in [0.05, 0.1) is 12.2 Å². The molecule has 1 saturated heterocycles. The number of carbonyl (C=O) groups excluding carboxylic acids is 1. The summed E-state index contributed by atoms with van der Waals surface area (Å²) < 4.78 is 33.2. The number of nitrogens with one attached hydrogen (secondary N) is 1. The van der Waals surface area contributed by atoms with E-state index in [0.29, 0.717) is 17.1 Å². The number of likely N-dealkylation sites (N-methyl/N-ethyl adjacent to an activating group) is 1. The molecule has 9 nitrogen and oxygen atoms in total. The van der Waals surface area contributed by atoms with Crippen LogP contribution in [0.25, 0.3) is 10.9 Å². The molecule has 0 bridgehead atoms. The first-order valence-electron chi connectivity index (χ1n) is 10.1. The summed E-state index contributed by atoms with van der Waals surface area (Å²) in [4.78, 5) is 23.9. The van der Waals surface area contributed by atoms with Crippen LogP contribution in [-0.2, 0) is 23.0 Å². The fourth-order valence-electron chi connectivity index (χ4n) is 4.04. The van der Waals surface area contributed by atoms with Crippen molar-refractivity contribution in [1.29, 1.82) is 0 Å². The van der Waals surface area contributed by atoms with Gasteiger partial charge in [0.1, 0.15) is 10.8 Å². The van der Waals surface area contributed by atoms with Gasteiger partial charge in [-0.3, -0.25) is 9.69 Å². The fourth-order valence-corrected chi connectivity index (χ4v) is 5.65. The standard InChI is InChI=1S/C20H22ClN5O4S.ClH/c1-24-5-4-16-17(12-24)30-19(23-16)20(27)25-6-8-26(9-7-25)31(28,29)18-11-13-10-14(21)2-3-15(13)22-18;/h2-3,10-11,22H,4-9,12H2,1H3;1H. The van der Waals surface area contributed by atoms with Crippen molar-refractivity contribution in [3.05, 3.63) is 46.6 Å². The molecule has 1 amide bonds. The van der Waals surface area contributed by atoms with Gasteiger partial charge >= 0.3 is 5.91 Å². The van der Waals surface area contributed by atoms with Crippen molar-refractivity contribution < 1.29 is 17.6 Å². The number of carbonyl (C=O) groups is 1. The number of nitrogens with zero attached hydrogens (tertiary/aromatic N) is 4. The molecule has 3 aromatic rings. The first kappa shape index (κ1) is 23.1. The van der Waals surface area contributed by atoms with Gasteiger partial charge in [-0.1, -0.05) is 11.6 Å². The Kier molecular flexibility index (Phi) is 6.25. The van der Waals surface area contributed by atoms with Gasteiger partial charge in [0, 0.05) is 55.1 Å². The molecule has 1 fully saturated rings. The summed E-state index contributed by atoms with van der Waals surface area (Å²) >= 11 is 6.00. The summed E-state index contributed by atoms with van der Waals surface area (Å²) in [5, 5.41) is 1.40. The van der Waals surface area contributed by atoms with E-state index in [2.05, 4.69) is 14.9 Å². The summed E-state index contributed by atoms with van der Waals surface area (Å²) in [6.45, 7) is 2.47. The number of aromatic nitrogens is 2. The maximum Gasteiger partial charge on any atom is 0.309 e. The van der Waals surface area contributed by atoms with Gasteiger partial charge in [-0.25, -0.2) is 13.4 Å². The van der Waals surface area contributed by atoms with Crippen LogP contribution in [-0.4, -0.2) is 78.2 Å². The third-order valence-electron chi connectivity index (χ3n) is 5.81. The lowest BCUT2D eigenvalue weighted by atomic mass is 10.2. The number of halogens is 2. The number of sulfonamides is 1. The van der Waals surface area contributed by atoms with Gasteiger partial charge in [0.25, 0.3) is 15.9 Å². The van der Waals surface area contributed by atoms with Gasteiger partial charge in [-0.2, -0.15) is 4.31 Å². The lowest BCUT2D eigenvalue weighted by Crippen LogP contribution is -2.50. The minimum absolute atomic E-state index is 0. The smallest absolute Gasteiger partial charge is 0.309 e. The van der Waals surface area contributed by atoms with E-state index >= 15 is 0 Å². The lowest BCUT2D eigenvalue weighted by Gasteiger charge is -2.33. The fraction of sp³-hybridized carbons (Fsp3) is 0.400. The maximum absolute atomic E-state index is 13.1. The molecule has 0 unspecified atom stereocenters. The molecule has 4 heterocycles. The second kappa shape index (κ2) is 8.68. The van der Waals surface area contributed by atoms with Crippen molar-refractivity contribution in [2.24, 2.45) is 0 Å². The van der Waals surface area contributed by atoms with E-state index in [1.807, 2.05) is 7.05 Å². The molecular formula is C20H23Cl2N5O4S. The summed E-state index contributed by atoms with van der Waals surface area (Å²) in [6, 6.07) is 6.76. The van der Waals surface area contributed by atoms with Crippen molar-refractivity contribution in [3.8, 4) is 0 Å². The molecular weight excluding hydrogens is 477 g/mol. The van der Waals surface area contributed by atoms with Crippen LogP contribution >= 0.6 is 24.0 Å². The number of benzene rings is 1. The third kappa shape index (κ3) is 4.13. The first-order valence-corrected chi connectivity index (χ1v) is 11.9. The number of hydrogen-bond donors (Lipinski definition) is 1. The molecule has 2 aliphatic rings. The van der Waals surface area contributed by atoms with Crippen molar-refractivity contribution in [2.75, 3.05) is 39.8 Å². The Hall–Kier alpha value is -2.11. The predicted molar refractivity (Wildman–Crippen MR) is 122 cm³/mol. The molecule has 12 heteroatoms. The zero-order valence-electron chi connectivity index (χ0n) is 17.4. The minimum Gasteiger partial charge on any atom is -0.436 e. The maximum atomic E-state index is 13.1. The molecule has 0 aliphatic carbocycles. The minimum atomic E-state index is -3.71. The van der Waals surface area contributed by atoms with Crippen molar-refractivity contribution in [2.45, 2.75) is 18.0 Å². The van der Waals surface area contributed by atoms with Crippen LogP contribution in [0, 0.1) is 0 Å². The zero-order chi connectivity index (χ0) is 21.8. The molecule has 0 atom stereocenters. The summed E-state index contributed by atoms with van der Waals surface area (Å²) in [7, 11) is -1.71. The molecule has 0 spiro atoms. The number of hydrogen-bond acceptors (Lipinski definition) is 6. The third-order valence-corrected chi connectivity index (χ3v) is 7.86. The van der Waals surface area contributed by atoms with Crippen LogP contribution in [0.2, 0.25) is 5.02 Å². The Balaban J connectivity index is 0.00000245. The normalized spacial score (nSPS) is 17.9. The van der Waals surface area contributed by atoms with Crippen LogP contribution in [0.1, 0.15) is 22.1 Å². The molecule has 1 N–H and O–H groups in total. The van der Waals surface area contributed by atoms with Gasteiger partial charge in [-0.05, 0) is 31.3 Å². The van der Waals surface area contributed by atoms with E-state index in [1.54, 1.807) is 29.2 Å². The average molecular weight is 500 g/mol. The molecule has 32 heavy (non-hydrogen) atoms. The number of oxazole rings is 1. The van der Waals surface area contributed by atoms with E-state index in [1.165, 1.54) is 4.31 Å². The Morgan fingerprint density at radius 3 is 2.66 bits per heavy atom. The van der Waals surface area contributed by atoms with Crippen LogP contribution in [0.3, 0.4) is 0 Å². The molecule has 0 saturated carbocycles. The predicted octanol–water partition coefficient (Wildman–Crippen LogP) is 2.37. The molecule has 5 rings (SSSR count).